The molecular formula is C17H16FNO4. The van der Waals surface area contributed by atoms with Gasteiger partial charge in [-0.05, 0) is 36.8 Å². The minimum Gasteiger partial charge on any atom is -0.483 e. The van der Waals surface area contributed by atoms with Crippen molar-refractivity contribution in [2.24, 2.45) is 0 Å². The molecule has 0 heterocycles. The van der Waals surface area contributed by atoms with Crippen molar-refractivity contribution in [3.8, 4) is 5.75 Å². The second-order valence-corrected chi connectivity index (χ2v) is 4.93. The van der Waals surface area contributed by atoms with E-state index in [0.717, 1.165) is 5.56 Å². The molecule has 5 nitrogen and oxygen atoms in total. The van der Waals surface area contributed by atoms with Crippen LogP contribution in [0.2, 0.25) is 0 Å². The van der Waals surface area contributed by atoms with E-state index < -0.39 is 11.9 Å². The molecule has 0 aliphatic carbocycles. The highest BCUT2D eigenvalue weighted by Crippen LogP contribution is 2.18. The molecule has 1 atom stereocenters. The van der Waals surface area contributed by atoms with E-state index in [9.17, 15) is 14.0 Å². The van der Waals surface area contributed by atoms with E-state index in [1.54, 1.807) is 31.2 Å². The number of para-hydroxylation sites is 1. The van der Waals surface area contributed by atoms with Crippen LogP contribution in [0.25, 0.3) is 0 Å². The third kappa shape index (κ3) is 4.54. The highest BCUT2D eigenvalue weighted by Gasteiger charge is 2.13. The molecule has 0 saturated heterocycles. The predicted molar refractivity (Wildman–Crippen MR) is 81.9 cm³/mol. The first kappa shape index (κ1) is 16.5. The lowest BCUT2D eigenvalue weighted by Gasteiger charge is -2.15. The maximum absolute atomic E-state index is 12.9. The van der Waals surface area contributed by atoms with Gasteiger partial charge in [0.2, 0.25) is 0 Å². The first-order chi connectivity index (χ1) is 11.0. The molecule has 0 bridgehead atoms. The summed E-state index contributed by atoms with van der Waals surface area (Å²) in [6, 6.07) is 11.6. The molecule has 0 aliphatic heterocycles. The van der Waals surface area contributed by atoms with E-state index in [1.165, 1.54) is 24.3 Å². The lowest BCUT2D eigenvalue weighted by molar-refractivity contribution is -0.123. The largest absolute Gasteiger partial charge is 0.483 e. The number of carbonyl (C=O) groups is 2. The number of halogens is 1. The Labute approximate surface area is 132 Å². The fourth-order valence-electron chi connectivity index (χ4n) is 2.03. The zero-order valence-corrected chi connectivity index (χ0v) is 12.5. The van der Waals surface area contributed by atoms with Gasteiger partial charge in [0, 0.05) is 0 Å². The second kappa shape index (κ2) is 7.40. The molecule has 2 aromatic rings. The van der Waals surface area contributed by atoms with Crippen molar-refractivity contribution >= 4 is 11.9 Å². The summed E-state index contributed by atoms with van der Waals surface area (Å²) in [4.78, 5) is 22.9. The second-order valence-electron chi connectivity index (χ2n) is 4.93. The van der Waals surface area contributed by atoms with Crippen molar-refractivity contribution in [2.75, 3.05) is 6.61 Å². The number of carboxylic acid groups (broad SMARTS) is 1. The van der Waals surface area contributed by atoms with Gasteiger partial charge < -0.3 is 15.2 Å². The fourth-order valence-corrected chi connectivity index (χ4v) is 2.03. The summed E-state index contributed by atoms with van der Waals surface area (Å²) < 4.78 is 18.1. The molecule has 0 saturated carbocycles. The van der Waals surface area contributed by atoms with Crippen LogP contribution in [0.4, 0.5) is 4.39 Å². The van der Waals surface area contributed by atoms with E-state index in [4.69, 9.17) is 9.84 Å². The summed E-state index contributed by atoms with van der Waals surface area (Å²) >= 11 is 0. The molecule has 0 aromatic heterocycles. The summed E-state index contributed by atoms with van der Waals surface area (Å²) in [5, 5.41) is 11.7. The Kier molecular flexibility index (Phi) is 5.30. The standard InChI is InChI=1S/C17H16FNO4/c1-11(12-6-8-13(18)9-7-12)19-16(20)10-23-15-5-3-2-4-14(15)17(21)22/h2-9,11H,10H2,1H3,(H,19,20)(H,21,22)/t11-/m1/s1. The minimum absolute atomic E-state index is 0.00752. The molecule has 0 fully saturated rings. The molecule has 120 valence electrons. The van der Waals surface area contributed by atoms with Crippen molar-refractivity contribution in [3.05, 3.63) is 65.5 Å². The summed E-state index contributed by atoms with van der Waals surface area (Å²) in [6.07, 6.45) is 0. The molecule has 0 unspecified atom stereocenters. The number of carboxylic acids is 1. The van der Waals surface area contributed by atoms with Gasteiger partial charge in [0.05, 0.1) is 6.04 Å². The van der Waals surface area contributed by atoms with Crippen LogP contribution < -0.4 is 10.1 Å². The molecule has 2 N–H and O–H groups in total. The van der Waals surface area contributed by atoms with Gasteiger partial charge >= 0.3 is 5.97 Å². The quantitative estimate of drug-likeness (QED) is 0.859. The molecule has 6 heteroatoms. The average molecular weight is 317 g/mol. The Morgan fingerprint density at radius 1 is 1.17 bits per heavy atom. The Balaban J connectivity index is 1.93. The van der Waals surface area contributed by atoms with Crippen molar-refractivity contribution in [2.45, 2.75) is 13.0 Å². The van der Waals surface area contributed by atoms with Gasteiger partial charge in [-0.2, -0.15) is 0 Å². The zero-order valence-electron chi connectivity index (χ0n) is 12.5. The lowest BCUT2D eigenvalue weighted by atomic mass is 10.1. The van der Waals surface area contributed by atoms with Gasteiger partial charge in [0.1, 0.15) is 17.1 Å². The zero-order chi connectivity index (χ0) is 16.8. The monoisotopic (exact) mass is 317 g/mol. The van der Waals surface area contributed by atoms with Crippen LogP contribution in [0.5, 0.6) is 5.75 Å². The number of aromatic carboxylic acids is 1. The van der Waals surface area contributed by atoms with Crippen LogP contribution in [-0.4, -0.2) is 23.6 Å². The van der Waals surface area contributed by atoms with Crippen LogP contribution >= 0.6 is 0 Å². The summed E-state index contributed by atoms with van der Waals surface area (Å²) in [5.41, 5.74) is 0.748. The fraction of sp³-hybridized carbons (Fsp3) is 0.176. The molecule has 23 heavy (non-hydrogen) atoms. The van der Waals surface area contributed by atoms with Crippen molar-refractivity contribution in [1.29, 1.82) is 0 Å². The van der Waals surface area contributed by atoms with Crippen molar-refractivity contribution in [1.82, 2.24) is 5.32 Å². The maximum Gasteiger partial charge on any atom is 0.339 e. The van der Waals surface area contributed by atoms with Gasteiger partial charge in [-0.3, -0.25) is 4.79 Å². The Morgan fingerprint density at radius 3 is 2.48 bits per heavy atom. The van der Waals surface area contributed by atoms with Gasteiger partial charge in [0.15, 0.2) is 6.61 Å². The van der Waals surface area contributed by atoms with Crippen molar-refractivity contribution < 1.29 is 23.8 Å². The minimum atomic E-state index is -1.12. The first-order valence-electron chi connectivity index (χ1n) is 6.97. The number of nitrogens with one attached hydrogen (secondary N) is 1. The molecule has 2 rings (SSSR count). The number of ether oxygens (including phenoxy) is 1. The highest BCUT2D eigenvalue weighted by molar-refractivity contribution is 5.91. The van der Waals surface area contributed by atoms with Gasteiger partial charge in [-0.1, -0.05) is 24.3 Å². The average Bonchev–Trinajstić information content (AvgIpc) is 2.53. The van der Waals surface area contributed by atoms with Crippen LogP contribution in [0.3, 0.4) is 0 Å². The Bertz CT molecular complexity index is 700. The molecule has 1 amide bonds. The molecule has 0 radical (unpaired) electrons. The number of hydrogen-bond acceptors (Lipinski definition) is 3. The number of hydrogen-bond donors (Lipinski definition) is 2. The molecular weight excluding hydrogens is 301 g/mol. The Morgan fingerprint density at radius 2 is 1.83 bits per heavy atom. The number of amides is 1. The number of carbonyl (C=O) groups excluding carboxylic acids is 1. The SMILES string of the molecule is C[C@@H](NC(=O)COc1ccccc1C(=O)O)c1ccc(F)cc1. The van der Waals surface area contributed by atoms with Gasteiger partial charge in [0.25, 0.3) is 5.91 Å². The summed E-state index contributed by atoms with van der Waals surface area (Å²) in [7, 11) is 0. The lowest BCUT2D eigenvalue weighted by Crippen LogP contribution is -2.31. The van der Waals surface area contributed by atoms with Crippen LogP contribution in [0.15, 0.2) is 48.5 Å². The summed E-state index contributed by atoms with van der Waals surface area (Å²) in [6.45, 7) is 1.45. The van der Waals surface area contributed by atoms with Crippen LogP contribution in [0.1, 0.15) is 28.9 Å². The molecule has 0 aliphatic rings. The first-order valence-corrected chi connectivity index (χ1v) is 6.97. The highest BCUT2D eigenvalue weighted by atomic mass is 19.1. The van der Waals surface area contributed by atoms with Crippen molar-refractivity contribution in [3.63, 3.8) is 0 Å². The van der Waals surface area contributed by atoms with E-state index >= 15 is 0 Å². The van der Waals surface area contributed by atoms with Crippen LogP contribution in [0, 0.1) is 5.82 Å². The maximum atomic E-state index is 12.9. The van der Waals surface area contributed by atoms with Gasteiger partial charge in [-0.25, -0.2) is 9.18 Å². The van der Waals surface area contributed by atoms with Crippen LogP contribution in [-0.2, 0) is 4.79 Å². The van der Waals surface area contributed by atoms with Gasteiger partial charge in [-0.15, -0.1) is 0 Å². The third-order valence-corrected chi connectivity index (χ3v) is 3.22. The Hall–Kier alpha value is -2.89. The summed E-state index contributed by atoms with van der Waals surface area (Å²) in [5.74, 6) is -1.74. The van der Waals surface area contributed by atoms with E-state index in [-0.39, 0.29) is 29.8 Å². The molecule has 0 spiro atoms. The topological polar surface area (TPSA) is 75.6 Å². The van der Waals surface area contributed by atoms with E-state index in [1.807, 2.05) is 0 Å². The number of benzene rings is 2. The molecule has 2 aromatic carbocycles. The van der Waals surface area contributed by atoms with E-state index in [0.29, 0.717) is 0 Å². The van der Waals surface area contributed by atoms with E-state index in [2.05, 4.69) is 5.32 Å². The predicted octanol–water partition coefficient (Wildman–Crippen LogP) is 2.78. The number of rotatable bonds is 6. The smallest absolute Gasteiger partial charge is 0.339 e. The third-order valence-electron chi connectivity index (χ3n) is 3.22. The normalized spacial score (nSPS) is 11.6.